The Hall–Kier alpha value is -2.53. The Kier molecular flexibility index (Phi) is 5.53. The van der Waals surface area contributed by atoms with Crippen LogP contribution in [0, 0.1) is 0 Å². The summed E-state index contributed by atoms with van der Waals surface area (Å²) in [6.07, 6.45) is 3.54. The molecule has 1 aliphatic rings. The predicted molar refractivity (Wildman–Crippen MR) is 112 cm³/mol. The number of methoxy groups -OCH3 is 1. The molecule has 4 rings (SSSR count). The summed E-state index contributed by atoms with van der Waals surface area (Å²) in [4.78, 5) is 14.8. The van der Waals surface area contributed by atoms with Gasteiger partial charge in [-0.15, -0.1) is 0 Å². The summed E-state index contributed by atoms with van der Waals surface area (Å²) in [5.41, 5.74) is 3.09. The van der Waals surface area contributed by atoms with E-state index >= 15 is 0 Å². The number of ether oxygens (including phenoxy) is 2. The minimum atomic E-state index is 0.0885. The van der Waals surface area contributed by atoms with E-state index < -0.39 is 0 Å². The van der Waals surface area contributed by atoms with Crippen LogP contribution in [0.2, 0.25) is 0 Å². The fourth-order valence-electron chi connectivity index (χ4n) is 4.05. The van der Waals surface area contributed by atoms with Crippen molar-refractivity contribution in [2.24, 2.45) is 0 Å². The first-order valence-electron chi connectivity index (χ1n) is 10.2. The standard InChI is InChI=1S/C23H28N2O3/c1-3-4-5-10-25-21-9-6-17(23(26)24-11-13-28-14-12-24)15-20(21)19-8-7-18(27-2)16-22(19)25/h6-9,15-16H,3-5,10-14H2,1-2H3. The van der Waals surface area contributed by atoms with E-state index in [9.17, 15) is 4.79 Å². The van der Waals surface area contributed by atoms with Crippen LogP contribution in [0.15, 0.2) is 36.4 Å². The van der Waals surface area contributed by atoms with Crippen molar-refractivity contribution in [3.05, 3.63) is 42.0 Å². The Labute approximate surface area is 165 Å². The van der Waals surface area contributed by atoms with Crippen LogP contribution in [0.25, 0.3) is 21.8 Å². The van der Waals surface area contributed by atoms with Crippen molar-refractivity contribution in [1.29, 1.82) is 0 Å². The highest BCUT2D eigenvalue weighted by molar-refractivity contribution is 6.11. The summed E-state index contributed by atoms with van der Waals surface area (Å²) in [5.74, 6) is 0.947. The zero-order valence-electron chi connectivity index (χ0n) is 16.7. The lowest BCUT2D eigenvalue weighted by atomic mass is 10.1. The van der Waals surface area contributed by atoms with E-state index in [1.165, 1.54) is 29.3 Å². The molecule has 1 fully saturated rings. The summed E-state index contributed by atoms with van der Waals surface area (Å²) < 4.78 is 13.2. The Morgan fingerprint density at radius 2 is 1.86 bits per heavy atom. The SMILES string of the molecule is CCCCCn1c2ccc(C(=O)N3CCOCC3)cc2c2ccc(OC)cc21. The van der Waals surface area contributed by atoms with Crippen LogP contribution < -0.4 is 4.74 Å². The van der Waals surface area contributed by atoms with Gasteiger partial charge in [0.05, 0.1) is 25.8 Å². The molecule has 0 spiro atoms. The molecule has 0 N–H and O–H groups in total. The van der Waals surface area contributed by atoms with Crippen LogP contribution in [0.1, 0.15) is 36.5 Å². The fraction of sp³-hybridized carbons (Fsp3) is 0.435. The topological polar surface area (TPSA) is 43.7 Å². The van der Waals surface area contributed by atoms with Crippen molar-refractivity contribution in [3.63, 3.8) is 0 Å². The molecule has 0 atom stereocenters. The van der Waals surface area contributed by atoms with Gasteiger partial charge in [0.15, 0.2) is 0 Å². The lowest BCUT2D eigenvalue weighted by molar-refractivity contribution is 0.0303. The highest BCUT2D eigenvalue weighted by Gasteiger charge is 2.20. The number of aryl methyl sites for hydroxylation is 1. The zero-order chi connectivity index (χ0) is 19.5. The smallest absolute Gasteiger partial charge is 0.254 e. The number of morpholine rings is 1. The van der Waals surface area contributed by atoms with E-state index in [1.54, 1.807) is 7.11 Å². The van der Waals surface area contributed by atoms with E-state index in [1.807, 2.05) is 17.0 Å². The van der Waals surface area contributed by atoms with Gasteiger partial charge in [0, 0.05) is 47.6 Å². The average molecular weight is 380 g/mol. The summed E-state index contributed by atoms with van der Waals surface area (Å²) in [7, 11) is 1.70. The maximum atomic E-state index is 12.9. The van der Waals surface area contributed by atoms with E-state index in [0.717, 1.165) is 29.7 Å². The molecule has 1 aliphatic heterocycles. The minimum Gasteiger partial charge on any atom is -0.497 e. The third kappa shape index (κ3) is 3.47. The molecule has 3 aromatic rings. The number of carbonyl (C=O) groups excluding carboxylic acids is 1. The molecule has 2 aromatic carbocycles. The Morgan fingerprint density at radius 1 is 1.04 bits per heavy atom. The van der Waals surface area contributed by atoms with Crippen molar-refractivity contribution in [3.8, 4) is 5.75 Å². The van der Waals surface area contributed by atoms with Gasteiger partial charge < -0.3 is 18.9 Å². The molecule has 0 saturated carbocycles. The van der Waals surface area contributed by atoms with Crippen LogP contribution in [0.5, 0.6) is 5.75 Å². The van der Waals surface area contributed by atoms with E-state index in [0.29, 0.717) is 26.3 Å². The first-order valence-corrected chi connectivity index (χ1v) is 10.2. The number of aromatic nitrogens is 1. The third-order valence-electron chi connectivity index (χ3n) is 5.60. The number of carbonyl (C=O) groups is 1. The van der Waals surface area contributed by atoms with Gasteiger partial charge in [-0.2, -0.15) is 0 Å². The van der Waals surface area contributed by atoms with Gasteiger partial charge in [-0.1, -0.05) is 19.8 Å². The molecule has 1 amide bonds. The number of hydrogen-bond donors (Lipinski definition) is 0. The van der Waals surface area contributed by atoms with Crippen molar-refractivity contribution < 1.29 is 14.3 Å². The largest absolute Gasteiger partial charge is 0.497 e. The molecule has 1 aromatic heterocycles. The number of benzene rings is 2. The summed E-state index contributed by atoms with van der Waals surface area (Å²) in [5, 5.41) is 2.30. The quantitative estimate of drug-likeness (QED) is 0.593. The second-order valence-electron chi connectivity index (χ2n) is 7.38. The maximum absolute atomic E-state index is 12.9. The molecule has 2 heterocycles. The third-order valence-corrected chi connectivity index (χ3v) is 5.60. The first-order chi connectivity index (χ1) is 13.7. The molecule has 0 unspecified atom stereocenters. The lowest BCUT2D eigenvalue weighted by Crippen LogP contribution is -2.40. The van der Waals surface area contributed by atoms with E-state index in [4.69, 9.17) is 9.47 Å². The Morgan fingerprint density at radius 3 is 2.61 bits per heavy atom. The molecule has 5 heteroatoms. The Bertz CT molecular complexity index is 986. The number of fused-ring (bicyclic) bond motifs is 3. The zero-order valence-corrected chi connectivity index (χ0v) is 16.7. The molecule has 0 radical (unpaired) electrons. The highest BCUT2D eigenvalue weighted by atomic mass is 16.5. The average Bonchev–Trinajstić information content (AvgIpc) is 3.06. The second-order valence-corrected chi connectivity index (χ2v) is 7.38. The lowest BCUT2D eigenvalue weighted by Gasteiger charge is -2.26. The minimum absolute atomic E-state index is 0.0885. The summed E-state index contributed by atoms with van der Waals surface area (Å²) >= 11 is 0. The second kappa shape index (κ2) is 8.23. The van der Waals surface area contributed by atoms with Gasteiger partial charge in [-0.05, 0) is 36.8 Å². The number of nitrogens with zero attached hydrogens (tertiary/aromatic N) is 2. The number of rotatable bonds is 6. The molecular formula is C23H28N2O3. The van der Waals surface area contributed by atoms with Crippen molar-refractivity contribution in [2.45, 2.75) is 32.7 Å². The fourth-order valence-corrected chi connectivity index (χ4v) is 4.05. The highest BCUT2D eigenvalue weighted by Crippen LogP contribution is 2.33. The normalized spacial score (nSPS) is 14.7. The summed E-state index contributed by atoms with van der Waals surface area (Å²) in [6, 6.07) is 12.3. The maximum Gasteiger partial charge on any atom is 0.254 e. The van der Waals surface area contributed by atoms with E-state index in [-0.39, 0.29) is 5.91 Å². The molecule has 0 aliphatic carbocycles. The molecule has 148 valence electrons. The molecular weight excluding hydrogens is 352 g/mol. The van der Waals surface area contributed by atoms with Gasteiger partial charge in [0.2, 0.25) is 0 Å². The number of unbranched alkanes of at least 4 members (excludes halogenated alkanes) is 2. The molecule has 5 nitrogen and oxygen atoms in total. The van der Waals surface area contributed by atoms with Gasteiger partial charge in [-0.25, -0.2) is 0 Å². The van der Waals surface area contributed by atoms with Crippen LogP contribution in [-0.4, -0.2) is 48.8 Å². The van der Waals surface area contributed by atoms with Gasteiger partial charge >= 0.3 is 0 Å². The molecule has 0 bridgehead atoms. The van der Waals surface area contributed by atoms with Crippen LogP contribution in [0.3, 0.4) is 0 Å². The predicted octanol–water partition coefficient (Wildman–Crippen LogP) is 4.47. The van der Waals surface area contributed by atoms with Crippen molar-refractivity contribution in [1.82, 2.24) is 9.47 Å². The molecule has 28 heavy (non-hydrogen) atoms. The Balaban J connectivity index is 1.79. The molecule has 1 saturated heterocycles. The van der Waals surface area contributed by atoms with Crippen molar-refractivity contribution >= 4 is 27.7 Å². The van der Waals surface area contributed by atoms with Crippen LogP contribution >= 0.6 is 0 Å². The van der Waals surface area contributed by atoms with Crippen molar-refractivity contribution in [2.75, 3.05) is 33.4 Å². The van der Waals surface area contributed by atoms with Crippen LogP contribution in [0.4, 0.5) is 0 Å². The van der Waals surface area contributed by atoms with Gasteiger partial charge in [-0.3, -0.25) is 4.79 Å². The summed E-state index contributed by atoms with van der Waals surface area (Å²) in [6.45, 7) is 5.74. The first kappa shape index (κ1) is 18.8. The van der Waals surface area contributed by atoms with Gasteiger partial charge in [0.1, 0.15) is 5.75 Å². The number of amides is 1. The number of hydrogen-bond acceptors (Lipinski definition) is 3. The van der Waals surface area contributed by atoms with E-state index in [2.05, 4.69) is 35.8 Å². The van der Waals surface area contributed by atoms with Gasteiger partial charge in [0.25, 0.3) is 5.91 Å². The van der Waals surface area contributed by atoms with Crippen LogP contribution in [-0.2, 0) is 11.3 Å². The monoisotopic (exact) mass is 380 g/mol.